The molecule has 16 heteroatoms. The van der Waals surface area contributed by atoms with Crippen LogP contribution < -0.4 is 0 Å². The van der Waals surface area contributed by atoms with Gasteiger partial charge in [-0.25, -0.2) is 0 Å². The maximum atomic E-state index is 11.1. The lowest BCUT2D eigenvalue weighted by atomic mass is 9.97. The fraction of sp³-hybridized carbons (Fsp3) is 1.00. The first-order valence-electron chi connectivity index (χ1n) is 15.5. The Kier molecular flexibility index (Phi) is 13.7. The fourth-order valence-corrected chi connectivity index (χ4v) is 10.6. The second-order valence-electron chi connectivity index (χ2n) is 16.5. The van der Waals surface area contributed by atoms with E-state index in [0.717, 1.165) is 0 Å². The van der Waals surface area contributed by atoms with Crippen LogP contribution in [0.5, 0.6) is 0 Å². The number of hydrogen-bond acceptors (Lipinski definition) is 11. The average molecular weight is 703 g/mol. The van der Waals surface area contributed by atoms with Gasteiger partial charge in [-0.2, -0.15) is 0 Å². The maximum absolute atomic E-state index is 11.1. The van der Waals surface area contributed by atoms with E-state index in [1.807, 2.05) is 19.6 Å². The molecular weight excluding hydrogens is 641 g/mol. The smallest absolute Gasteiger partial charge is 0.186 e. The van der Waals surface area contributed by atoms with Crippen molar-refractivity contribution in [2.45, 2.75) is 160 Å². The van der Waals surface area contributed by atoms with Gasteiger partial charge < -0.3 is 51.7 Å². The zero-order chi connectivity index (χ0) is 33.3. The quantitative estimate of drug-likeness (QED) is 0.228. The molecule has 0 unspecified atom stereocenters. The normalized spacial score (nSPS) is 35.3. The molecule has 0 aromatic rings. The summed E-state index contributed by atoms with van der Waals surface area (Å²) in [5.74, 6) is 0. The van der Waals surface area contributed by atoms with Crippen LogP contribution in [0.2, 0.25) is 98.2 Å². The molecule has 0 saturated carbocycles. The molecule has 0 aromatic carbocycles. The molecule has 2 heterocycles. The van der Waals surface area contributed by atoms with Gasteiger partial charge in [0, 0.05) is 0 Å². The monoisotopic (exact) mass is 702 g/mol. The summed E-state index contributed by atoms with van der Waals surface area (Å²) in [5, 5.41) is 32.1. The highest BCUT2D eigenvalue weighted by Crippen LogP contribution is 2.37. The first-order valence-corrected chi connectivity index (χ1v) is 32.5. The molecule has 10 atom stereocenters. The van der Waals surface area contributed by atoms with E-state index in [1.54, 1.807) is 0 Å². The Morgan fingerprint density at radius 1 is 0.442 bits per heavy atom. The van der Waals surface area contributed by atoms with Crippen molar-refractivity contribution in [3.05, 3.63) is 0 Å². The highest BCUT2D eigenvalue weighted by molar-refractivity contribution is 6.71. The lowest BCUT2D eigenvalue weighted by Crippen LogP contribution is -2.69. The summed E-state index contributed by atoms with van der Waals surface area (Å²) in [4.78, 5) is 0. The van der Waals surface area contributed by atoms with Crippen LogP contribution >= 0.6 is 0 Å². The van der Waals surface area contributed by atoms with Gasteiger partial charge >= 0.3 is 0 Å². The fourth-order valence-electron chi connectivity index (χ4n) is 5.20. The summed E-state index contributed by atoms with van der Waals surface area (Å²) < 4.78 is 52.5. The third-order valence-electron chi connectivity index (χ3n) is 6.30. The molecular formula is C27H62O11Si5. The Labute approximate surface area is 265 Å². The molecule has 0 aliphatic carbocycles. The van der Waals surface area contributed by atoms with Crippen LogP contribution in [0.4, 0.5) is 0 Å². The zero-order valence-corrected chi connectivity index (χ0v) is 34.3. The molecule has 43 heavy (non-hydrogen) atoms. The Morgan fingerprint density at radius 3 is 1.16 bits per heavy atom. The van der Waals surface area contributed by atoms with Crippen LogP contribution in [0.1, 0.15) is 0 Å². The van der Waals surface area contributed by atoms with Crippen molar-refractivity contribution in [1.29, 1.82) is 0 Å². The number of aliphatic hydroxyl groups excluding tert-OH is 3. The molecule has 2 fully saturated rings. The third-order valence-corrected chi connectivity index (χ3v) is 11.2. The molecule has 0 amide bonds. The summed E-state index contributed by atoms with van der Waals surface area (Å²) in [6, 6.07) is 0. The average Bonchev–Trinajstić information content (AvgIpc) is 2.77. The van der Waals surface area contributed by atoms with Crippen molar-refractivity contribution < 1.29 is 51.7 Å². The number of ether oxygens (including phenoxy) is 3. The standard InChI is InChI=1S/C27H62O11Si5/c1-39(2,3)34-21-19(17-29)32-27(25(38-43(13,14)15)23(21)36-41(7,8)9)33-20-18(16-28)31-26(30)24(37-42(10,11)12)22(20)35-40(4,5)6/h18-30H,16-17H2,1-15H3/t18-,19-,20+,21+,22+,23+,24-,25-,26-,27-/m1/s1. The first-order chi connectivity index (χ1) is 19.2. The van der Waals surface area contributed by atoms with Gasteiger partial charge in [-0.3, -0.25) is 0 Å². The number of rotatable bonds is 14. The van der Waals surface area contributed by atoms with Crippen LogP contribution in [-0.2, 0) is 36.3 Å². The largest absolute Gasteiger partial charge is 0.409 e. The molecule has 0 aromatic heterocycles. The molecule has 0 bridgehead atoms. The second-order valence-corrected chi connectivity index (χ2v) is 38.9. The Balaban J connectivity index is 2.66. The highest BCUT2D eigenvalue weighted by atomic mass is 28.4. The number of hydrogen-bond donors (Lipinski definition) is 3. The summed E-state index contributed by atoms with van der Waals surface area (Å²) in [7, 11) is -10.9. The summed E-state index contributed by atoms with van der Waals surface area (Å²) >= 11 is 0. The van der Waals surface area contributed by atoms with Crippen LogP contribution in [-0.4, -0.2) is 132 Å². The third kappa shape index (κ3) is 13.0. The van der Waals surface area contributed by atoms with Gasteiger partial charge in [0.05, 0.1) is 13.2 Å². The Bertz CT molecular complexity index is 866. The number of aliphatic hydroxyl groups is 3. The van der Waals surface area contributed by atoms with E-state index in [2.05, 4.69) is 78.6 Å². The van der Waals surface area contributed by atoms with E-state index in [9.17, 15) is 15.3 Å². The minimum atomic E-state index is -2.23. The summed E-state index contributed by atoms with van der Waals surface area (Å²) in [5.41, 5.74) is 0. The van der Waals surface area contributed by atoms with E-state index in [0.29, 0.717) is 0 Å². The molecule has 2 aliphatic rings. The Hall–Kier alpha value is 0.644. The first kappa shape index (κ1) is 39.8. The van der Waals surface area contributed by atoms with Gasteiger partial charge in [0.1, 0.15) is 48.8 Å². The molecule has 11 nitrogen and oxygen atoms in total. The van der Waals surface area contributed by atoms with E-state index in [1.165, 1.54) is 0 Å². The van der Waals surface area contributed by atoms with Crippen molar-refractivity contribution in [3.63, 3.8) is 0 Å². The van der Waals surface area contributed by atoms with Crippen LogP contribution in [0.3, 0.4) is 0 Å². The zero-order valence-electron chi connectivity index (χ0n) is 29.3. The SMILES string of the molecule is C[Si](C)(C)O[C@@H]1[C@@H](O[Si](C)(C)C)[C@H](O)O[C@H](CO)[C@@H]1O[C@H]1O[C@H](CO)[C@H](O[Si](C)(C)C)[C@H](O[Si](C)(C)C)[C@H]1O[Si](C)(C)C. The Morgan fingerprint density at radius 2 is 0.767 bits per heavy atom. The van der Waals surface area contributed by atoms with Crippen molar-refractivity contribution >= 4 is 41.6 Å². The van der Waals surface area contributed by atoms with Crippen LogP contribution in [0, 0.1) is 0 Å². The maximum Gasteiger partial charge on any atom is 0.186 e. The van der Waals surface area contributed by atoms with Crippen molar-refractivity contribution in [2.75, 3.05) is 13.2 Å². The predicted molar refractivity (Wildman–Crippen MR) is 180 cm³/mol. The minimum Gasteiger partial charge on any atom is -0.409 e. The van der Waals surface area contributed by atoms with Gasteiger partial charge in [0.15, 0.2) is 54.2 Å². The van der Waals surface area contributed by atoms with Gasteiger partial charge in [-0.1, -0.05) is 0 Å². The molecule has 2 saturated heterocycles. The van der Waals surface area contributed by atoms with Gasteiger partial charge in [-0.15, -0.1) is 0 Å². The molecule has 2 rings (SSSR count). The molecule has 0 spiro atoms. The van der Waals surface area contributed by atoms with Gasteiger partial charge in [0.25, 0.3) is 0 Å². The minimum absolute atomic E-state index is 0.306. The summed E-state index contributed by atoms with van der Waals surface area (Å²) in [6.07, 6.45) is -8.29. The molecule has 3 N–H and O–H groups in total. The highest BCUT2D eigenvalue weighted by Gasteiger charge is 2.56. The topological polar surface area (TPSA) is 135 Å². The van der Waals surface area contributed by atoms with Gasteiger partial charge in [0.2, 0.25) is 0 Å². The lowest BCUT2D eigenvalue weighted by molar-refractivity contribution is -0.347. The van der Waals surface area contributed by atoms with Crippen molar-refractivity contribution in [2.24, 2.45) is 0 Å². The lowest BCUT2D eigenvalue weighted by Gasteiger charge is -2.53. The van der Waals surface area contributed by atoms with Gasteiger partial charge in [-0.05, 0) is 98.2 Å². The van der Waals surface area contributed by atoms with E-state index >= 15 is 0 Å². The van der Waals surface area contributed by atoms with E-state index in [4.69, 9.17) is 36.3 Å². The molecule has 256 valence electrons. The van der Waals surface area contributed by atoms with Crippen LogP contribution in [0.25, 0.3) is 0 Å². The van der Waals surface area contributed by atoms with Crippen molar-refractivity contribution in [1.82, 2.24) is 0 Å². The summed E-state index contributed by atoms with van der Waals surface area (Å²) in [6.45, 7) is 30.4. The predicted octanol–water partition coefficient (Wildman–Crippen LogP) is 3.90. The second kappa shape index (κ2) is 14.8. The molecule has 2 aliphatic heterocycles. The van der Waals surface area contributed by atoms with Crippen molar-refractivity contribution in [3.8, 4) is 0 Å². The molecule has 0 radical (unpaired) electrons. The van der Waals surface area contributed by atoms with E-state index < -0.39 is 110 Å². The van der Waals surface area contributed by atoms with Crippen LogP contribution in [0.15, 0.2) is 0 Å². The van der Waals surface area contributed by atoms with E-state index in [-0.39, 0.29) is 6.61 Å².